The lowest BCUT2D eigenvalue weighted by Crippen LogP contribution is -2.24. The molecule has 0 bridgehead atoms. The number of hydrogen-bond acceptors (Lipinski definition) is 3. The van der Waals surface area contributed by atoms with E-state index in [1.807, 2.05) is 36.3 Å². The molecule has 114 valence electrons. The smallest absolute Gasteiger partial charge is 0.0539 e. The van der Waals surface area contributed by atoms with Crippen LogP contribution in [0.4, 0.5) is 5.69 Å². The van der Waals surface area contributed by atoms with Gasteiger partial charge in [0, 0.05) is 49.2 Å². The summed E-state index contributed by atoms with van der Waals surface area (Å²) in [5.41, 5.74) is 9.65. The molecule has 1 unspecified atom stereocenters. The van der Waals surface area contributed by atoms with Crippen molar-refractivity contribution in [2.24, 2.45) is 12.8 Å². The Morgan fingerprint density at radius 1 is 1.43 bits per heavy atom. The summed E-state index contributed by atoms with van der Waals surface area (Å²) >= 11 is 6.16. The maximum atomic E-state index is 6.16. The molecule has 0 aliphatic heterocycles. The molecule has 1 heterocycles. The molecule has 2 aromatic rings. The topological polar surface area (TPSA) is 47.1 Å². The van der Waals surface area contributed by atoms with E-state index >= 15 is 0 Å². The SMILES string of the molecule is CCC(N)Cc1ccc(Cl)cc1N(C)Cc1cnn(C)c1. The number of halogens is 1. The number of rotatable bonds is 6. The first-order valence-corrected chi connectivity index (χ1v) is 7.60. The average molecular weight is 307 g/mol. The molecule has 0 fully saturated rings. The Hall–Kier alpha value is -1.52. The largest absolute Gasteiger partial charge is 0.370 e. The lowest BCUT2D eigenvalue weighted by molar-refractivity contribution is 0.645. The number of aromatic nitrogens is 2. The monoisotopic (exact) mass is 306 g/mol. The van der Waals surface area contributed by atoms with E-state index in [4.69, 9.17) is 17.3 Å². The number of benzene rings is 1. The van der Waals surface area contributed by atoms with Crippen molar-refractivity contribution in [2.45, 2.75) is 32.4 Å². The summed E-state index contributed by atoms with van der Waals surface area (Å²) < 4.78 is 1.81. The van der Waals surface area contributed by atoms with Gasteiger partial charge in [0.2, 0.25) is 0 Å². The molecule has 0 aliphatic rings. The van der Waals surface area contributed by atoms with Crippen LogP contribution in [0.3, 0.4) is 0 Å². The highest BCUT2D eigenvalue weighted by molar-refractivity contribution is 6.30. The van der Waals surface area contributed by atoms with Gasteiger partial charge in [-0.25, -0.2) is 0 Å². The molecule has 0 amide bonds. The van der Waals surface area contributed by atoms with Gasteiger partial charge in [-0.2, -0.15) is 5.10 Å². The van der Waals surface area contributed by atoms with E-state index in [-0.39, 0.29) is 6.04 Å². The minimum Gasteiger partial charge on any atom is -0.370 e. The molecule has 0 radical (unpaired) electrons. The van der Waals surface area contributed by atoms with E-state index in [2.05, 4.69) is 30.0 Å². The molecule has 0 spiro atoms. The first-order chi connectivity index (χ1) is 9.99. The predicted octanol–water partition coefficient (Wildman–Crippen LogP) is 2.99. The molecular weight excluding hydrogens is 284 g/mol. The molecule has 5 heteroatoms. The zero-order valence-corrected chi connectivity index (χ0v) is 13.6. The fourth-order valence-corrected chi connectivity index (χ4v) is 2.57. The van der Waals surface area contributed by atoms with Crippen LogP contribution < -0.4 is 10.6 Å². The van der Waals surface area contributed by atoms with E-state index in [1.165, 1.54) is 11.1 Å². The van der Waals surface area contributed by atoms with Crippen LogP contribution in [0.1, 0.15) is 24.5 Å². The Morgan fingerprint density at radius 2 is 2.19 bits per heavy atom. The highest BCUT2D eigenvalue weighted by Gasteiger charge is 2.12. The molecule has 2 N–H and O–H groups in total. The second-order valence-electron chi connectivity index (χ2n) is 5.52. The van der Waals surface area contributed by atoms with Crippen molar-refractivity contribution < 1.29 is 0 Å². The first-order valence-electron chi connectivity index (χ1n) is 7.22. The fourth-order valence-electron chi connectivity index (χ4n) is 2.40. The fraction of sp³-hybridized carbons (Fsp3) is 0.438. The first kappa shape index (κ1) is 15.9. The lowest BCUT2D eigenvalue weighted by atomic mass is 10.0. The van der Waals surface area contributed by atoms with E-state index in [1.54, 1.807) is 0 Å². The number of nitrogens with zero attached hydrogens (tertiary/aromatic N) is 3. The number of hydrogen-bond donors (Lipinski definition) is 1. The molecule has 0 saturated heterocycles. The van der Waals surface area contributed by atoms with E-state index < -0.39 is 0 Å². The normalized spacial score (nSPS) is 12.4. The van der Waals surface area contributed by atoms with Gasteiger partial charge in [0.25, 0.3) is 0 Å². The van der Waals surface area contributed by atoms with Gasteiger partial charge >= 0.3 is 0 Å². The molecule has 1 aromatic carbocycles. The summed E-state index contributed by atoms with van der Waals surface area (Å²) in [4.78, 5) is 2.20. The van der Waals surface area contributed by atoms with Crippen LogP contribution in [0.25, 0.3) is 0 Å². The van der Waals surface area contributed by atoms with Gasteiger partial charge in [0.1, 0.15) is 0 Å². The predicted molar refractivity (Wildman–Crippen MR) is 88.7 cm³/mol. The van der Waals surface area contributed by atoms with Gasteiger partial charge in [-0.1, -0.05) is 24.6 Å². The molecule has 0 aliphatic carbocycles. The van der Waals surface area contributed by atoms with E-state index in [0.717, 1.165) is 30.1 Å². The maximum absolute atomic E-state index is 6.16. The third kappa shape index (κ3) is 4.22. The van der Waals surface area contributed by atoms with Crippen molar-refractivity contribution in [3.05, 3.63) is 46.7 Å². The van der Waals surface area contributed by atoms with Gasteiger partial charge in [0.05, 0.1) is 6.20 Å². The number of nitrogens with two attached hydrogens (primary N) is 1. The van der Waals surface area contributed by atoms with Crippen LogP contribution in [-0.2, 0) is 20.0 Å². The van der Waals surface area contributed by atoms with Gasteiger partial charge in [-0.05, 0) is 30.5 Å². The van der Waals surface area contributed by atoms with E-state index in [0.29, 0.717) is 0 Å². The van der Waals surface area contributed by atoms with Crippen molar-refractivity contribution >= 4 is 17.3 Å². The van der Waals surface area contributed by atoms with Crippen LogP contribution in [0, 0.1) is 0 Å². The molecule has 2 rings (SSSR count). The molecule has 21 heavy (non-hydrogen) atoms. The molecular formula is C16H23ClN4. The third-order valence-corrected chi connectivity index (χ3v) is 3.88. The third-order valence-electron chi connectivity index (χ3n) is 3.64. The highest BCUT2D eigenvalue weighted by Crippen LogP contribution is 2.26. The van der Waals surface area contributed by atoms with Crippen LogP contribution in [-0.4, -0.2) is 22.9 Å². The van der Waals surface area contributed by atoms with Crippen LogP contribution in [0.2, 0.25) is 5.02 Å². The molecule has 4 nitrogen and oxygen atoms in total. The van der Waals surface area contributed by atoms with Crippen LogP contribution in [0.15, 0.2) is 30.6 Å². The van der Waals surface area contributed by atoms with Crippen molar-refractivity contribution in [1.29, 1.82) is 0 Å². The Kier molecular flexibility index (Phi) is 5.26. The Bertz CT molecular complexity index is 594. The van der Waals surface area contributed by atoms with Crippen molar-refractivity contribution in [2.75, 3.05) is 11.9 Å². The second kappa shape index (κ2) is 6.96. The summed E-state index contributed by atoms with van der Waals surface area (Å²) in [5.74, 6) is 0. The van der Waals surface area contributed by atoms with E-state index in [9.17, 15) is 0 Å². The lowest BCUT2D eigenvalue weighted by Gasteiger charge is -2.23. The summed E-state index contributed by atoms with van der Waals surface area (Å²) in [5, 5.41) is 4.96. The summed E-state index contributed by atoms with van der Waals surface area (Å²) in [6.07, 6.45) is 5.74. The zero-order chi connectivity index (χ0) is 15.4. The zero-order valence-electron chi connectivity index (χ0n) is 12.9. The summed E-state index contributed by atoms with van der Waals surface area (Å²) in [7, 11) is 3.99. The Morgan fingerprint density at radius 3 is 2.81 bits per heavy atom. The Balaban J connectivity index is 2.21. The van der Waals surface area contributed by atoms with Gasteiger partial charge in [-0.3, -0.25) is 4.68 Å². The van der Waals surface area contributed by atoms with Crippen LogP contribution in [0.5, 0.6) is 0 Å². The minimum absolute atomic E-state index is 0.178. The molecule has 1 aromatic heterocycles. The standard InChI is InChI=1S/C16H23ClN4/c1-4-15(18)7-13-5-6-14(17)8-16(13)20(2)10-12-9-19-21(3)11-12/h5-6,8-9,11,15H,4,7,10,18H2,1-3H3. The molecule has 0 saturated carbocycles. The Labute approximate surface area is 131 Å². The number of aryl methyl sites for hydroxylation is 1. The van der Waals surface area contributed by atoms with Gasteiger partial charge < -0.3 is 10.6 Å². The van der Waals surface area contributed by atoms with Crippen LogP contribution >= 0.6 is 11.6 Å². The summed E-state index contributed by atoms with van der Waals surface area (Å²) in [6.45, 7) is 2.90. The van der Waals surface area contributed by atoms with Crippen molar-refractivity contribution in [3.8, 4) is 0 Å². The number of anilines is 1. The maximum Gasteiger partial charge on any atom is 0.0539 e. The van der Waals surface area contributed by atoms with Gasteiger partial charge in [0.15, 0.2) is 0 Å². The quantitative estimate of drug-likeness (QED) is 0.892. The highest BCUT2D eigenvalue weighted by atomic mass is 35.5. The second-order valence-corrected chi connectivity index (χ2v) is 5.96. The summed E-state index contributed by atoms with van der Waals surface area (Å²) in [6, 6.07) is 6.19. The van der Waals surface area contributed by atoms with Crippen molar-refractivity contribution in [1.82, 2.24) is 9.78 Å². The van der Waals surface area contributed by atoms with Crippen molar-refractivity contribution in [3.63, 3.8) is 0 Å². The molecule has 1 atom stereocenters. The average Bonchev–Trinajstić information content (AvgIpc) is 2.85. The minimum atomic E-state index is 0.178. The van der Waals surface area contributed by atoms with Gasteiger partial charge in [-0.15, -0.1) is 0 Å².